The van der Waals surface area contributed by atoms with Gasteiger partial charge in [0.15, 0.2) is 0 Å². The second-order valence-electron chi connectivity index (χ2n) is 4.91. The fourth-order valence-electron chi connectivity index (χ4n) is 2.17. The lowest BCUT2D eigenvalue weighted by atomic mass is 10.00. The SMILES string of the molecule is Cl.Cl.O=C(CNC(=O)c1ccccn1)NCC1CCCNC1. The van der Waals surface area contributed by atoms with E-state index in [1.54, 1.807) is 24.4 Å². The maximum Gasteiger partial charge on any atom is 0.270 e. The van der Waals surface area contributed by atoms with Gasteiger partial charge in [-0.15, -0.1) is 24.8 Å². The number of carbonyl (C=O) groups is 2. The van der Waals surface area contributed by atoms with Crippen molar-refractivity contribution >= 4 is 36.6 Å². The highest BCUT2D eigenvalue weighted by Crippen LogP contribution is 2.07. The van der Waals surface area contributed by atoms with Crippen LogP contribution < -0.4 is 16.0 Å². The summed E-state index contributed by atoms with van der Waals surface area (Å²) in [6, 6.07) is 5.08. The predicted molar refractivity (Wildman–Crippen MR) is 89.7 cm³/mol. The van der Waals surface area contributed by atoms with Gasteiger partial charge in [0.1, 0.15) is 5.69 Å². The van der Waals surface area contributed by atoms with Gasteiger partial charge in [-0.1, -0.05) is 6.07 Å². The summed E-state index contributed by atoms with van der Waals surface area (Å²) in [6.07, 6.45) is 3.83. The average Bonchev–Trinajstić information content (AvgIpc) is 2.52. The minimum atomic E-state index is -0.333. The van der Waals surface area contributed by atoms with Crippen LogP contribution in [0.4, 0.5) is 0 Å². The lowest BCUT2D eigenvalue weighted by Crippen LogP contribution is -2.42. The predicted octanol–water partition coefficient (Wildman–Crippen LogP) is 0.771. The zero-order valence-corrected chi connectivity index (χ0v) is 13.8. The van der Waals surface area contributed by atoms with Gasteiger partial charge in [-0.25, -0.2) is 0 Å². The van der Waals surface area contributed by atoms with Crippen LogP contribution in [0.3, 0.4) is 0 Å². The van der Waals surface area contributed by atoms with Crippen LogP contribution in [0.25, 0.3) is 0 Å². The number of aromatic nitrogens is 1. The Hall–Kier alpha value is -1.37. The van der Waals surface area contributed by atoms with E-state index in [9.17, 15) is 9.59 Å². The summed E-state index contributed by atoms with van der Waals surface area (Å²) in [4.78, 5) is 27.3. The summed E-state index contributed by atoms with van der Waals surface area (Å²) in [7, 11) is 0. The highest BCUT2D eigenvalue weighted by Gasteiger charge is 2.14. The summed E-state index contributed by atoms with van der Waals surface area (Å²) < 4.78 is 0. The Morgan fingerprint density at radius 2 is 2.09 bits per heavy atom. The number of nitrogens with zero attached hydrogens (tertiary/aromatic N) is 1. The number of hydrogen-bond acceptors (Lipinski definition) is 4. The minimum Gasteiger partial charge on any atom is -0.354 e. The Balaban J connectivity index is 0.00000220. The molecule has 1 saturated heterocycles. The van der Waals surface area contributed by atoms with Crippen LogP contribution in [0.2, 0.25) is 0 Å². The van der Waals surface area contributed by atoms with Gasteiger partial charge in [0.2, 0.25) is 5.91 Å². The normalized spacial score (nSPS) is 16.6. The first-order valence-electron chi connectivity index (χ1n) is 6.92. The fraction of sp³-hybridized carbons (Fsp3) is 0.500. The molecule has 3 N–H and O–H groups in total. The number of rotatable bonds is 5. The van der Waals surface area contributed by atoms with E-state index in [2.05, 4.69) is 20.9 Å². The van der Waals surface area contributed by atoms with Gasteiger partial charge in [-0.05, 0) is 44.0 Å². The van der Waals surface area contributed by atoms with Crippen LogP contribution in [0.5, 0.6) is 0 Å². The third-order valence-electron chi connectivity index (χ3n) is 3.29. The molecule has 1 fully saturated rings. The minimum absolute atomic E-state index is 0. The first-order valence-corrected chi connectivity index (χ1v) is 6.92. The van der Waals surface area contributed by atoms with Crippen molar-refractivity contribution in [1.82, 2.24) is 20.9 Å². The standard InChI is InChI=1S/C14H20N4O2.2ClH/c19-13(17-9-11-4-3-6-15-8-11)10-18-14(20)12-5-1-2-7-16-12;;/h1-2,5,7,11,15H,3-4,6,8-10H2,(H,17,19)(H,18,20);2*1H. The van der Waals surface area contributed by atoms with Gasteiger partial charge in [0, 0.05) is 12.7 Å². The summed E-state index contributed by atoms with van der Waals surface area (Å²) in [5, 5.41) is 8.70. The van der Waals surface area contributed by atoms with E-state index in [1.165, 1.54) is 0 Å². The van der Waals surface area contributed by atoms with Gasteiger partial charge in [0.05, 0.1) is 6.54 Å². The van der Waals surface area contributed by atoms with Gasteiger partial charge in [0.25, 0.3) is 5.91 Å². The fourth-order valence-corrected chi connectivity index (χ4v) is 2.17. The molecule has 0 aliphatic carbocycles. The van der Waals surface area contributed by atoms with E-state index in [0.717, 1.165) is 25.9 Å². The monoisotopic (exact) mass is 348 g/mol. The molecule has 0 radical (unpaired) electrons. The third kappa shape index (κ3) is 7.06. The van der Waals surface area contributed by atoms with Crippen molar-refractivity contribution in [3.8, 4) is 0 Å². The van der Waals surface area contributed by atoms with Crippen LogP contribution in [-0.4, -0.2) is 43.0 Å². The molecule has 2 heterocycles. The molecule has 1 atom stereocenters. The third-order valence-corrected chi connectivity index (χ3v) is 3.29. The molecule has 0 saturated carbocycles. The molecular weight excluding hydrogens is 327 g/mol. The highest BCUT2D eigenvalue weighted by atomic mass is 35.5. The Morgan fingerprint density at radius 1 is 1.27 bits per heavy atom. The Morgan fingerprint density at radius 3 is 2.73 bits per heavy atom. The van der Waals surface area contributed by atoms with Gasteiger partial charge in [-0.3, -0.25) is 14.6 Å². The second kappa shape index (κ2) is 11.2. The Bertz CT molecular complexity index is 453. The summed E-state index contributed by atoms with van der Waals surface area (Å²) in [5.41, 5.74) is 0.316. The van der Waals surface area contributed by atoms with Crippen LogP contribution in [0.15, 0.2) is 24.4 Å². The molecule has 124 valence electrons. The molecular formula is C14H22Cl2N4O2. The number of pyridine rings is 1. The molecule has 8 heteroatoms. The maximum absolute atomic E-state index is 11.7. The summed E-state index contributed by atoms with van der Waals surface area (Å²) in [5.74, 6) is -0.0147. The van der Waals surface area contributed by atoms with Crippen molar-refractivity contribution < 1.29 is 9.59 Å². The second-order valence-corrected chi connectivity index (χ2v) is 4.91. The molecule has 0 spiro atoms. The molecule has 1 aromatic rings. The van der Waals surface area contributed by atoms with Crippen LogP contribution in [0, 0.1) is 5.92 Å². The number of amides is 2. The Labute approximate surface area is 142 Å². The molecule has 0 aromatic carbocycles. The van der Waals surface area contributed by atoms with Crippen molar-refractivity contribution in [1.29, 1.82) is 0 Å². The zero-order valence-electron chi connectivity index (χ0n) is 12.2. The lowest BCUT2D eigenvalue weighted by molar-refractivity contribution is -0.120. The molecule has 1 aliphatic rings. The van der Waals surface area contributed by atoms with E-state index < -0.39 is 0 Å². The van der Waals surface area contributed by atoms with E-state index in [0.29, 0.717) is 18.2 Å². The van der Waals surface area contributed by atoms with Crippen LogP contribution >= 0.6 is 24.8 Å². The van der Waals surface area contributed by atoms with E-state index in [4.69, 9.17) is 0 Å². The maximum atomic E-state index is 11.7. The van der Waals surface area contributed by atoms with Gasteiger partial charge >= 0.3 is 0 Å². The van der Waals surface area contributed by atoms with E-state index in [-0.39, 0.29) is 43.2 Å². The number of nitrogens with one attached hydrogen (secondary N) is 3. The van der Waals surface area contributed by atoms with E-state index in [1.807, 2.05) is 0 Å². The molecule has 2 amide bonds. The topological polar surface area (TPSA) is 83.1 Å². The zero-order chi connectivity index (χ0) is 14.2. The molecule has 1 aliphatic heterocycles. The van der Waals surface area contributed by atoms with Crippen molar-refractivity contribution in [3.05, 3.63) is 30.1 Å². The van der Waals surface area contributed by atoms with Crippen molar-refractivity contribution in [2.45, 2.75) is 12.8 Å². The summed E-state index contributed by atoms with van der Waals surface area (Å²) in [6.45, 7) is 2.64. The molecule has 0 bridgehead atoms. The number of hydrogen-bond donors (Lipinski definition) is 3. The smallest absolute Gasteiger partial charge is 0.270 e. The Kier molecular flexibility index (Phi) is 10.5. The van der Waals surface area contributed by atoms with Crippen LogP contribution in [0.1, 0.15) is 23.3 Å². The molecule has 6 nitrogen and oxygen atoms in total. The average molecular weight is 349 g/mol. The number of carbonyl (C=O) groups excluding carboxylic acids is 2. The van der Waals surface area contributed by atoms with Crippen molar-refractivity contribution in [2.75, 3.05) is 26.2 Å². The van der Waals surface area contributed by atoms with Crippen LogP contribution in [-0.2, 0) is 4.79 Å². The molecule has 2 rings (SSSR count). The van der Waals surface area contributed by atoms with Crippen molar-refractivity contribution in [2.24, 2.45) is 5.92 Å². The largest absolute Gasteiger partial charge is 0.354 e. The molecule has 1 aromatic heterocycles. The van der Waals surface area contributed by atoms with E-state index >= 15 is 0 Å². The van der Waals surface area contributed by atoms with Gasteiger partial charge < -0.3 is 16.0 Å². The first-order chi connectivity index (χ1) is 9.75. The van der Waals surface area contributed by atoms with Crippen molar-refractivity contribution in [3.63, 3.8) is 0 Å². The first kappa shape index (κ1) is 20.6. The quantitative estimate of drug-likeness (QED) is 0.733. The number of piperidine rings is 1. The number of halogens is 2. The summed E-state index contributed by atoms with van der Waals surface area (Å²) >= 11 is 0. The lowest BCUT2D eigenvalue weighted by Gasteiger charge is -2.22. The molecule has 1 unspecified atom stereocenters. The molecule has 22 heavy (non-hydrogen) atoms. The van der Waals surface area contributed by atoms with Gasteiger partial charge in [-0.2, -0.15) is 0 Å². The highest BCUT2D eigenvalue weighted by molar-refractivity contribution is 5.94.